The van der Waals surface area contributed by atoms with E-state index in [0.29, 0.717) is 5.02 Å². The molecule has 0 spiro atoms. The minimum atomic E-state index is -0.415. The van der Waals surface area contributed by atoms with Crippen molar-refractivity contribution in [1.82, 2.24) is 0 Å². The first kappa shape index (κ1) is 13.8. The van der Waals surface area contributed by atoms with Gasteiger partial charge in [0, 0.05) is 11.1 Å². The first-order chi connectivity index (χ1) is 7.93. The molecule has 3 heteroatoms. The fourth-order valence-electron chi connectivity index (χ4n) is 1.12. The van der Waals surface area contributed by atoms with Crippen molar-refractivity contribution in [2.75, 3.05) is 0 Å². The smallest absolute Gasteiger partial charge is 0.331 e. The summed E-state index contributed by atoms with van der Waals surface area (Å²) in [4.78, 5) is 11.5. The third-order valence-corrected chi connectivity index (χ3v) is 2.76. The van der Waals surface area contributed by atoms with Crippen LogP contribution in [0.1, 0.15) is 32.8 Å². The number of halogens is 1. The van der Waals surface area contributed by atoms with E-state index in [1.165, 1.54) is 6.08 Å². The number of benzene rings is 1. The average Bonchev–Trinajstić information content (AvgIpc) is 2.28. The Morgan fingerprint density at radius 3 is 2.47 bits per heavy atom. The van der Waals surface area contributed by atoms with E-state index in [1.54, 1.807) is 18.2 Å². The lowest BCUT2D eigenvalue weighted by atomic mass is 10.1. The number of hydrogen-bond donors (Lipinski definition) is 0. The molecule has 1 aromatic rings. The molecule has 0 radical (unpaired) electrons. The zero-order valence-electron chi connectivity index (χ0n) is 10.4. The van der Waals surface area contributed by atoms with Crippen molar-refractivity contribution in [3.63, 3.8) is 0 Å². The van der Waals surface area contributed by atoms with Gasteiger partial charge < -0.3 is 4.74 Å². The van der Waals surface area contributed by atoms with E-state index in [-0.39, 0.29) is 5.97 Å². The van der Waals surface area contributed by atoms with Crippen LogP contribution in [0.2, 0.25) is 5.02 Å². The van der Waals surface area contributed by atoms with Crippen molar-refractivity contribution in [2.24, 2.45) is 0 Å². The molecule has 0 aliphatic carbocycles. The summed E-state index contributed by atoms with van der Waals surface area (Å²) >= 11 is 5.76. The van der Waals surface area contributed by atoms with E-state index in [1.807, 2.05) is 32.9 Å². The standard InChI is InChI=1S/C14H17ClO2/c1-4-14(2,3)17-13(16)10-7-11-5-8-12(15)9-6-11/h5-10H,4H2,1-3H3/b10-7+. The minimum Gasteiger partial charge on any atom is -0.457 e. The second-order valence-corrected chi connectivity index (χ2v) is 4.86. The fraction of sp³-hybridized carbons (Fsp3) is 0.357. The molecule has 17 heavy (non-hydrogen) atoms. The number of carbonyl (C=O) groups excluding carboxylic acids is 1. The van der Waals surface area contributed by atoms with Gasteiger partial charge in [-0.1, -0.05) is 30.7 Å². The molecule has 0 heterocycles. The van der Waals surface area contributed by atoms with Crippen LogP contribution in [0.25, 0.3) is 6.08 Å². The maximum absolute atomic E-state index is 11.5. The number of ether oxygens (including phenoxy) is 1. The van der Waals surface area contributed by atoms with Crippen LogP contribution in [0, 0.1) is 0 Å². The highest BCUT2D eigenvalue weighted by atomic mass is 35.5. The van der Waals surface area contributed by atoms with Gasteiger partial charge in [-0.2, -0.15) is 0 Å². The summed E-state index contributed by atoms with van der Waals surface area (Å²) in [5.74, 6) is -0.327. The molecule has 0 saturated carbocycles. The van der Waals surface area contributed by atoms with E-state index < -0.39 is 5.60 Å². The van der Waals surface area contributed by atoms with Crippen molar-refractivity contribution in [3.8, 4) is 0 Å². The lowest BCUT2D eigenvalue weighted by Gasteiger charge is -2.22. The van der Waals surface area contributed by atoms with Gasteiger partial charge in [0.1, 0.15) is 5.60 Å². The zero-order valence-corrected chi connectivity index (χ0v) is 11.1. The van der Waals surface area contributed by atoms with E-state index >= 15 is 0 Å². The minimum absolute atomic E-state index is 0.327. The summed E-state index contributed by atoms with van der Waals surface area (Å²) in [6.07, 6.45) is 3.93. The van der Waals surface area contributed by atoms with Gasteiger partial charge in [0.2, 0.25) is 0 Å². The molecule has 0 atom stereocenters. The molecule has 0 aliphatic heterocycles. The maximum Gasteiger partial charge on any atom is 0.331 e. The van der Waals surface area contributed by atoms with Crippen LogP contribution in [-0.2, 0) is 9.53 Å². The normalized spacial score (nSPS) is 11.8. The van der Waals surface area contributed by atoms with Gasteiger partial charge >= 0.3 is 5.97 Å². The van der Waals surface area contributed by atoms with Crippen LogP contribution < -0.4 is 0 Å². The van der Waals surface area contributed by atoms with Gasteiger partial charge in [-0.05, 0) is 44.0 Å². The molecule has 0 saturated heterocycles. The Balaban J connectivity index is 2.60. The van der Waals surface area contributed by atoms with Crippen molar-refractivity contribution in [3.05, 3.63) is 40.9 Å². The Morgan fingerprint density at radius 1 is 1.35 bits per heavy atom. The second kappa shape index (κ2) is 5.87. The highest BCUT2D eigenvalue weighted by Crippen LogP contribution is 2.15. The van der Waals surface area contributed by atoms with Gasteiger partial charge in [-0.15, -0.1) is 0 Å². The number of esters is 1. The highest BCUT2D eigenvalue weighted by Gasteiger charge is 2.18. The fourth-order valence-corrected chi connectivity index (χ4v) is 1.24. The van der Waals surface area contributed by atoms with Crippen LogP contribution in [0.5, 0.6) is 0 Å². The van der Waals surface area contributed by atoms with Gasteiger partial charge in [0.15, 0.2) is 0 Å². The van der Waals surface area contributed by atoms with E-state index in [9.17, 15) is 4.79 Å². The topological polar surface area (TPSA) is 26.3 Å². The molecular weight excluding hydrogens is 236 g/mol. The van der Waals surface area contributed by atoms with Crippen molar-refractivity contribution < 1.29 is 9.53 Å². The number of hydrogen-bond acceptors (Lipinski definition) is 2. The quantitative estimate of drug-likeness (QED) is 0.596. The van der Waals surface area contributed by atoms with E-state index in [4.69, 9.17) is 16.3 Å². The predicted molar refractivity (Wildman–Crippen MR) is 70.9 cm³/mol. The van der Waals surface area contributed by atoms with Gasteiger partial charge in [-0.25, -0.2) is 4.79 Å². The Bertz CT molecular complexity index is 405. The number of rotatable bonds is 4. The molecule has 0 unspecified atom stereocenters. The van der Waals surface area contributed by atoms with Gasteiger partial charge in [-0.3, -0.25) is 0 Å². The molecule has 1 rings (SSSR count). The lowest BCUT2D eigenvalue weighted by molar-refractivity contribution is -0.150. The summed E-state index contributed by atoms with van der Waals surface area (Å²) in [7, 11) is 0. The Hall–Kier alpha value is -1.28. The van der Waals surface area contributed by atoms with Crippen LogP contribution in [0.4, 0.5) is 0 Å². The molecule has 0 aromatic heterocycles. The Morgan fingerprint density at radius 2 is 1.94 bits per heavy atom. The Labute approximate surface area is 107 Å². The average molecular weight is 253 g/mol. The lowest BCUT2D eigenvalue weighted by Crippen LogP contribution is -2.25. The summed E-state index contributed by atoms with van der Waals surface area (Å²) in [5.41, 5.74) is 0.502. The highest BCUT2D eigenvalue weighted by molar-refractivity contribution is 6.30. The largest absolute Gasteiger partial charge is 0.457 e. The molecule has 0 amide bonds. The molecule has 1 aromatic carbocycles. The molecule has 0 N–H and O–H groups in total. The molecular formula is C14H17ClO2. The summed E-state index contributed by atoms with van der Waals surface area (Å²) in [6, 6.07) is 7.25. The maximum atomic E-state index is 11.5. The van der Waals surface area contributed by atoms with Crippen molar-refractivity contribution in [2.45, 2.75) is 32.8 Å². The SMILES string of the molecule is CCC(C)(C)OC(=O)/C=C/c1ccc(Cl)cc1. The first-order valence-electron chi connectivity index (χ1n) is 5.59. The molecule has 0 bridgehead atoms. The van der Waals surface area contributed by atoms with Gasteiger partial charge in [0.25, 0.3) is 0 Å². The summed E-state index contributed by atoms with van der Waals surface area (Å²) in [5, 5.41) is 0.678. The zero-order chi connectivity index (χ0) is 12.9. The van der Waals surface area contributed by atoms with Gasteiger partial charge in [0.05, 0.1) is 0 Å². The van der Waals surface area contributed by atoms with Crippen molar-refractivity contribution in [1.29, 1.82) is 0 Å². The third kappa shape index (κ3) is 5.05. The summed E-state index contributed by atoms with van der Waals surface area (Å²) < 4.78 is 5.28. The van der Waals surface area contributed by atoms with Crippen LogP contribution >= 0.6 is 11.6 Å². The number of carbonyl (C=O) groups is 1. The molecule has 2 nitrogen and oxygen atoms in total. The molecule has 0 aliphatic rings. The summed E-state index contributed by atoms with van der Waals surface area (Å²) in [6.45, 7) is 5.76. The predicted octanol–water partition coefficient (Wildman–Crippen LogP) is 4.09. The first-order valence-corrected chi connectivity index (χ1v) is 5.97. The molecule has 92 valence electrons. The van der Waals surface area contributed by atoms with Crippen molar-refractivity contribution >= 4 is 23.6 Å². The van der Waals surface area contributed by atoms with E-state index in [0.717, 1.165) is 12.0 Å². The van der Waals surface area contributed by atoms with Crippen LogP contribution in [0.15, 0.2) is 30.3 Å². The van der Waals surface area contributed by atoms with Crippen LogP contribution in [0.3, 0.4) is 0 Å². The Kier molecular flexibility index (Phi) is 4.76. The van der Waals surface area contributed by atoms with E-state index in [2.05, 4.69) is 0 Å². The third-order valence-electron chi connectivity index (χ3n) is 2.51. The monoisotopic (exact) mass is 252 g/mol. The van der Waals surface area contributed by atoms with Crippen LogP contribution in [-0.4, -0.2) is 11.6 Å². The second-order valence-electron chi connectivity index (χ2n) is 4.42. The molecule has 0 fully saturated rings.